The molecule has 6 nitrogen and oxygen atoms in total. The van der Waals surface area contributed by atoms with E-state index in [4.69, 9.17) is 14.0 Å². The molecule has 0 unspecified atom stereocenters. The van der Waals surface area contributed by atoms with Crippen LogP contribution >= 0.6 is 11.3 Å². The van der Waals surface area contributed by atoms with Crippen molar-refractivity contribution in [2.45, 2.75) is 13.2 Å². The minimum Gasteiger partial charge on any atom is -0.488 e. The van der Waals surface area contributed by atoms with Gasteiger partial charge in [-0.25, -0.2) is 4.79 Å². The van der Waals surface area contributed by atoms with E-state index in [0.29, 0.717) is 23.7 Å². The molecule has 140 valence electrons. The Kier molecular flexibility index (Phi) is 5.44. The highest BCUT2D eigenvalue weighted by molar-refractivity contribution is 7.13. The largest absolute Gasteiger partial charge is 0.488 e. The Morgan fingerprint density at radius 3 is 2.61 bits per heavy atom. The van der Waals surface area contributed by atoms with E-state index in [0.717, 1.165) is 10.4 Å². The maximum atomic E-state index is 12.5. The van der Waals surface area contributed by atoms with Crippen LogP contribution in [-0.4, -0.2) is 16.1 Å². The molecule has 0 saturated heterocycles. The second-order valence-corrected chi connectivity index (χ2v) is 6.78. The predicted octanol–water partition coefficient (Wildman–Crippen LogP) is 4.73. The molecular formula is C21H16N2O4S. The van der Waals surface area contributed by atoms with Crippen molar-refractivity contribution >= 4 is 17.3 Å². The van der Waals surface area contributed by atoms with Crippen LogP contribution < -0.4 is 4.74 Å². The third-order valence-corrected chi connectivity index (χ3v) is 4.75. The summed E-state index contributed by atoms with van der Waals surface area (Å²) in [5.74, 6) is 0.660. The second kappa shape index (κ2) is 8.49. The zero-order valence-corrected chi connectivity index (χ0v) is 15.6. The molecule has 2 heterocycles. The minimum atomic E-state index is -0.514. The predicted molar refractivity (Wildman–Crippen MR) is 104 cm³/mol. The van der Waals surface area contributed by atoms with Crippen molar-refractivity contribution < 1.29 is 18.8 Å². The highest BCUT2D eigenvalue weighted by Gasteiger charge is 2.16. The fraction of sp³-hybridized carbons (Fsp3) is 0.0952. The van der Waals surface area contributed by atoms with Gasteiger partial charge in [0.1, 0.15) is 17.9 Å². The van der Waals surface area contributed by atoms with Crippen molar-refractivity contribution in [1.82, 2.24) is 10.1 Å². The molecule has 0 spiro atoms. The summed E-state index contributed by atoms with van der Waals surface area (Å²) in [6.07, 6.45) is 0. The van der Waals surface area contributed by atoms with Gasteiger partial charge in [0.05, 0.1) is 4.88 Å². The maximum Gasteiger partial charge on any atom is 0.342 e. The molecule has 2 aromatic carbocycles. The van der Waals surface area contributed by atoms with Crippen LogP contribution in [-0.2, 0) is 18.0 Å². The van der Waals surface area contributed by atoms with Crippen molar-refractivity contribution in [1.29, 1.82) is 0 Å². The Hall–Kier alpha value is -3.45. The van der Waals surface area contributed by atoms with E-state index in [2.05, 4.69) is 10.1 Å². The lowest BCUT2D eigenvalue weighted by Gasteiger charge is -2.10. The molecule has 4 rings (SSSR count). The van der Waals surface area contributed by atoms with Gasteiger partial charge in [-0.05, 0) is 29.1 Å². The van der Waals surface area contributed by atoms with Gasteiger partial charge in [-0.15, -0.1) is 11.3 Å². The van der Waals surface area contributed by atoms with Crippen LogP contribution in [0.2, 0.25) is 0 Å². The Balaban J connectivity index is 1.39. The first-order chi connectivity index (χ1) is 13.8. The van der Waals surface area contributed by atoms with Gasteiger partial charge in [-0.1, -0.05) is 53.7 Å². The Bertz CT molecular complexity index is 1050. The molecule has 7 heteroatoms. The summed E-state index contributed by atoms with van der Waals surface area (Å²) in [6, 6.07) is 20.5. The first kappa shape index (κ1) is 17.9. The van der Waals surface area contributed by atoms with Gasteiger partial charge in [0.2, 0.25) is 5.82 Å². The van der Waals surface area contributed by atoms with E-state index in [1.807, 2.05) is 53.9 Å². The second-order valence-electron chi connectivity index (χ2n) is 5.84. The van der Waals surface area contributed by atoms with Crippen molar-refractivity contribution in [3.8, 4) is 16.5 Å². The molecule has 2 aromatic heterocycles. The van der Waals surface area contributed by atoms with Crippen LogP contribution in [0.15, 0.2) is 76.6 Å². The van der Waals surface area contributed by atoms with E-state index in [1.54, 1.807) is 18.2 Å². The van der Waals surface area contributed by atoms with Gasteiger partial charge in [-0.2, -0.15) is 4.98 Å². The number of carbonyl (C=O) groups is 1. The number of ether oxygens (including phenoxy) is 2. The van der Waals surface area contributed by atoms with Gasteiger partial charge >= 0.3 is 5.97 Å². The topological polar surface area (TPSA) is 74.5 Å². The quantitative estimate of drug-likeness (QED) is 0.423. The van der Waals surface area contributed by atoms with Gasteiger partial charge in [-0.3, -0.25) is 0 Å². The molecule has 0 amide bonds. The lowest BCUT2D eigenvalue weighted by molar-refractivity contribution is 0.0425. The zero-order valence-electron chi connectivity index (χ0n) is 14.8. The molecule has 0 atom stereocenters. The van der Waals surface area contributed by atoms with Crippen LogP contribution in [0.25, 0.3) is 10.7 Å². The summed E-state index contributed by atoms with van der Waals surface area (Å²) in [5.41, 5.74) is 1.36. The summed E-state index contributed by atoms with van der Waals surface area (Å²) >= 11 is 1.51. The Labute approximate surface area is 165 Å². The molecule has 4 aromatic rings. The summed E-state index contributed by atoms with van der Waals surface area (Å²) in [5, 5.41) is 5.83. The van der Waals surface area contributed by atoms with Crippen LogP contribution in [0, 0.1) is 0 Å². The molecule has 0 aliphatic rings. The number of para-hydroxylation sites is 1. The summed E-state index contributed by atoms with van der Waals surface area (Å²) < 4.78 is 16.3. The van der Waals surface area contributed by atoms with Crippen molar-refractivity contribution in [2.75, 3.05) is 0 Å². The molecule has 0 N–H and O–H groups in total. The smallest absolute Gasteiger partial charge is 0.342 e. The van der Waals surface area contributed by atoms with Crippen LogP contribution in [0.3, 0.4) is 0 Å². The number of hydrogen-bond donors (Lipinski definition) is 0. The lowest BCUT2D eigenvalue weighted by atomic mass is 10.2. The van der Waals surface area contributed by atoms with E-state index in [9.17, 15) is 4.79 Å². The highest BCUT2D eigenvalue weighted by Crippen LogP contribution is 2.23. The number of benzene rings is 2. The van der Waals surface area contributed by atoms with E-state index >= 15 is 0 Å². The molecule has 0 fully saturated rings. The number of carbonyl (C=O) groups excluding carboxylic acids is 1. The van der Waals surface area contributed by atoms with Gasteiger partial charge in [0, 0.05) is 0 Å². The van der Waals surface area contributed by atoms with Crippen molar-refractivity contribution in [3.63, 3.8) is 0 Å². The molecule has 0 aliphatic carbocycles. The summed E-state index contributed by atoms with van der Waals surface area (Å²) in [6.45, 7) is 0.253. The summed E-state index contributed by atoms with van der Waals surface area (Å²) in [4.78, 5) is 17.6. The number of nitrogens with zero attached hydrogens (tertiary/aromatic N) is 2. The van der Waals surface area contributed by atoms with Gasteiger partial charge in [0.15, 0.2) is 6.61 Å². The average Bonchev–Trinajstić information content (AvgIpc) is 3.43. The monoisotopic (exact) mass is 392 g/mol. The number of rotatable bonds is 7. The van der Waals surface area contributed by atoms with Crippen molar-refractivity contribution in [2.24, 2.45) is 0 Å². The fourth-order valence-electron chi connectivity index (χ4n) is 2.52. The zero-order chi connectivity index (χ0) is 19.2. The fourth-order valence-corrected chi connectivity index (χ4v) is 3.17. The van der Waals surface area contributed by atoms with Crippen molar-refractivity contribution in [3.05, 3.63) is 89.1 Å². The van der Waals surface area contributed by atoms with Crippen LogP contribution in [0.1, 0.15) is 21.8 Å². The first-order valence-electron chi connectivity index (χ1n) is 8.59. The highest BCUT2D eigenvalue weighted by atomic mass is 32.1. The number of aromatic nitrogens is 2. The third kappa shape index (κ3) is 4.27. The van der Waals surface area contributed by atoms with Crippen LogP contribution in [0.5, 0.6) is 5.75 Å². The molecule has 0 saturated carbocycles. The van der Waals surface area contributed by atoms with E-state index in [1.165, 1.54) is 11.3 Å². The van der Waals surface area contributed by atoms with E-state index in [-0.39, 0.29) is 12.5 Å². The van der Waals surface area contributed by atoms with Gasteiger partial charge in [0.25, 0.3) is 5.89 Å². The maximum absolute atomic E-state index is 12.5. The Morgan fingerprint density at radius 1 is 0.964 bits per heavy atom. The minimum absolute atomic E-state index is 0.107. The molecule has 0 radical (unpaired) electrons. The molecular weight excluding hydrogens is 376 g/mol. The molecule has 28 heavy (non-hydrogen) atoms. The number of thiophene rings is 1. The normalized spacial score (nSPS) is 10.6. The lowest BCUT2D eigenvalue weighted by Crippen LogP contribution is -2.08. The summed E-state index contributed by atoms with van der Waals surface area (Å²) in [7, 11) is 0. The van der Waals surface area contributed by atoms with Gasteiger partial charge < -0.3 is 14.0 Å². The third-order valence-electron chi connectivity index (χ3n) is 3.88. The van der Waals surface area contributed by atoms with E-state index < -0.39 is 5.97 Å². The molecule has 0 aliphatic heterocycles. The first-order valence-corrected chi connectivity index (χ1v) is 9.47. The SMILES string of the molecule is O=C(OCc1nc(-c2cccs2)no1)c1ccccc1OCc1ccccc1. The standard InChI is InChI=1S/C21H16N2O4S/c24-21(26-14-19-22-20(23-27-19)18-11-6-12-28-18)16-9-4-5-10-17(16)25-13-15-7-2-1-3-8-15/h1-12H,13-14H2. The number of hydrogen-bond acceptors (Lipinski definition) is 7. The van der Waals surface area contributed by atoms with Crippen LogP contribution in [0.4, 0.5) is 0 Å². The Morgan fingerprint density at radius 2 is 1.79 bits per heavy atom. The average molecular weight is 392 g/mol. The number of esters is 1. The molecule has 0 bridgehead atoms.